The highest BCUT2D eigenvalue weighted by Gasteiger charge is 2.35. The zero-order valence-corrected chi connectivity index (χ0v) is 32.6. The monoisotopic (exact) mass is 732 g/mol. The first-order chi connectivity index (χ1) is 23.9. The normalized spacial score (nSPS) is 22.5. The number of anilines is 2. The molecule has 0 bridgehead atoms. The topological polar surface area (TPSA) is 97.0 Å². The molecule has 2 saturated heterocycles. The molecule has 2 aromatic carbocycles. The second-order valence-corrected chi connectivity index (χ2v) is 18.7. The number of aryl methyl sites for hydroxylation is 1. The second-order valence-electron chi connectivity index (χ2n) is 14.8. The minimum absolute atomic E-state index is 0.198. The molecule has 0 N–H and O–H groups in total. The number of piperazine rings is 1. The first-order valence-electron chi connectivity index (χ1n) is 18.5. The third-order valence-corrected chi connectivity index (χ3v) is 14.5. The maximum absolute atomic E-state index is 14.4. The minimum Gasteiger partial charge on any atom is -0.495 e. The molecule has 0 radical (unpaired) electrons. The van der Waals surface area contributed by atoms with E-state index in [2.05, 4.69) is 15.9 Å². The van der Waals surface area contributed by atoms with E-state index in [-0.39, 0.29) is 23.9 Å². The van der Waals surface area contributed by atoms with Crippen LogP contribution in [0.4, 0.5) is 11.4 Å². The molecule has 1 saturated carbocycles. The zero-order chi connectivity index (χ0) is 35.9. The summed E-state index contributed by atoms with van der Waals surface area (Å²) in [6.07, 6.45) is 7.80. The molecule has 1 atom stereocenters. The van der Waals surface area contributed by atoms with Crippen LogP contribution in [0.5, 0.6) is 5.75 Å². The van der Waals surface area contributed by atoms with E-state index in [1.54, 1.807) is 32.2 Å². The highest BCUT2D eigenvalue weighted by Crippen LogP contribution is 2.31. The van der Waals surface area contributed by atoms with Gasteiger partial charge in [0.05, 0.1) is 17.7 Å². The van der Waals surface area contributed by atoms with Crippen molar-refractivity contribution in [3.63, 3.8) is 0 Å². The molecule has 0 spiro atoms. The van der Waals surface area contributed by atoms with Crippen LogP contribution in [0.25, 0.3) is 0 Å². The molecule has 0 unspecified atom stereocenters. The van der Waals surface area contributed by atoms with Crippen molar-refractivity contribution in [2.75, 3.05) is 103 Å². The molecule has 5 rings (SSSR count). The van der Waals surface area contributed by atoms with Gasteiger partial charge in [0.25, 0.3) is 10.2 Å². The molecule has 50 heavy (non-hydrogen) atoms. The lowest BCUT2D eigenvalue weighted by atomic mass is 9.89. The van der Waals surface area contributed by atoms with Crippen molar-refractivity contribution in [2.45, 2.75) is 63.7 Å². The Bertz CT molecular complexity index is 1590. The quantitative estimate of drug-likeness (QED) is 0.365. The Balaban J connectivity index is 1.34. The van der Waals surface area contributed by atoms with E-state index < -0.39 is 20.2 Å². The van der Waals surface area contributed by atoms with Gasteiger partial charge in [-0.1, -0.05) is 32.3 Å². The smallest absolute Gasteiger partial charge is 0.282 e. The first kappa shape index (κ1) is 38.8. The molecule has 13 heteroatoms. The van der Waals surface area contributed by atoms with Crippen LogP contribution in [0, 0.1) is 18.8 Å². The Hall–Kier alpha value is -2.42. The molecule has 3 aliphatic rings. The van der Waals surface area contributed by atoms with E-state index in [4.69, 9.17) is 4.74 Å². The van der Waals surface area contributed by atoms with Crippen molar-refractivity contribution in [2.24, 2.45) is 11.8 Å². The largest absolute Gasteiger partial charge is 0.495 e. The van der Waals surface area contributed by atoms with Crippen LogP contribution < -0.4 is 14.5 Å². The highest BCUT2D eigenvalue weighted by molar-refractivity contribution is 7.89. The van der Waals surface area contributed by atoms with E-state index in [1.165, 1.54) is 32.1 Å². The fourth-order valence-corrected chi connectivity index (χ4v) is 11.1. The first-order valence-corrected chi connectivity index (χ1v) is 21.4. The van der Waals surface area contributed by atoms with Gasteiger partial charge in [-0.05, 0) is 99.5 Å². The van der Waals surface area contributed by atoms with Gasteiger partial charge in [0.15, 0.2) is 0 Å². The van der Waals surface area contributed by atoms with Gasteiger partial charge < -0.3 is 19.4 Å². The predicted octanol–water partition coefficient (Wildman–Crippen LogP) is 4.74. The summed E-state index contributed by atoms with van der Waals surface area (Å²) in [5.41, 5.74) is 3.02. The molecule has 0 aromatic heterocycles. The standard InChI is InChI=1S/C37H60N6O5S2/c1-31-13-18-36(37(27-31)48-5)40-23-25-41(26-24-40)50(46,47)43-22-10-20-39(30-33-11-7-6-8-12-33)19-9-21-42(28-32(2)29-43)49(44,45)35-16-14-34(15-17-35)38(3)4/h13-18,27,32-33H,6-12,19-26,28-30H2,1-5H3/t32-/m0/s1. The van der Waals surface area contributed by atoms with Crippen molar-refractivity contribution in [1.82, 2.24) is 17.8 Å². The molecule has 2 heterocycles. The van der Waals surface area contributed by atoms with E-state index in [0.717, 1.165) is 55.2 Å². The summed E-state index contributed by atoms with van der Waals surface area (Å²) < 4.78 is 67.4. The van der Waals surface area contributed by atoms with Gasteiger partial charge >= 0.3 is 0 Å². The number of benzene rings is 2. The molecule has 1 aliphatic carbocycles. The van der Waals surface area contributed by atoms with Crippen LogP contribution in [0.15, 0.2) is 47.4 Å². The van der Waals surface area contributed by atoms with Gasteiger partial charge in [-0.3, -0.25) is 0 Å². The molecule has 280 valence electrons. The Morgan fingerprint density at radius 2 is 1.36 bits per heavy atom. The van der Waals surface area contributed by atoms with Crippen LogP contribution in [-0.4, -0.2) is 128 Å². The summed E-state index contributed by atoms with van der Waals surface area (Å²) in [5.74, 6) is 1.25. The fourth-order valence-electron chi connectivity index (χ4n) is 7.77. The maximum Gasteiger partial charge on any atom is 0.282 e. The summed E-state index contributed by atoms with van der Waals surface area (Å²) in [6.45, 7) is 9.82. The van der Waals surface area contributed by atoms with Gasteiger partial charge in [-0.15, -0.1) is 0 Å². The fraction of sp³-hybridized carbons (Fsp3) is 0.676. The third-order valence-electron chi connectivity index (χ3n) is 10.6. The molecule has 2 aliphatic heterocycles. The van der Waals surface area contributed by atoms with Gasteiger partial charge in [-0.25, -0.2) is 8.42 Å². The van der Waals surface area contributed by atoms with Crippen molar-refractivity contribution < 1.29 is 21.6 Å². The average Bonchev–Trinajstić information content (AvgIpc) is 3.10. The number of nitrogens with zero attached hydrogens (tertiary/aromatic N) is 6. The van der Waals surface area contributed by atoms with Crippen LogP contribution in [-0.2, 0) is 20.2 Å². The number of hydrogen-bond donors (Lipinski definition) is 0. The van der Waals surface area contributed by atoms with Crippen molar-refractivity contribution in [1.29, 1.82) is 0 Å². The van der Waals surface area contributed by atoms with Crippen LogP contribution in [0.3, 0.4) is 0 Å². The molecular formula is C37H60N6O5S2. The van der Waals surface area contributed by atoms with Crippen LogP contribution in [0.1, 0.15) is 57.4 Å². The Morgan fingerprint density at radius 1 is 0.740 bits per heavy atom. The summed E-state index contributed by atoms with van der Waals surface area (Å²) in [5, 5.41) is 0. The molecule has 3 fully saturated rings. The number of ether oxygens (including phenoxy) is 1. The summed E-state index contributed by atoms with van der Waals surface area (Å²) >= 11 is 0. The van der Waals surface area contributed by atoms with Crippen molar-refractivity contribution in [3.05, 3.63) is 48.0 Å². The van der Waals surface area contributed by atoms with E-state index in [9.17, 15) is 16.8 Å². The molecule has 2 aromatic rings. The van der Waals surface area contributed by atoms with Crippen LogP contribution in [0.2, 0.25) is 0 Å². The molecular weight excluding hydrogens is 673 g/mol. The van der Waals surface area contributed by atoms with Crippen molar-refractivity contribution in [3.8, 4) is 5.75 Å². The van der Waals surface area contributed by atoms with E-state index in [0.29, 0.717) is 45.2 Å². The third kappa shape index (κ3) is 9.71. The van der Waals surface area contributed by atoms with Gasteiger partial charge in [0.2, 0.25) is 10.0 Å². The SMILES string of the molecule is COc1cc(C)ccc1N1CCN(S(=O)(=O)N2CCCN(CC3CCCCC3)CCCN(S(=O)(=O)c3ccc(N(C)C)cc3)C[C@H](C)C2)CC1. The molecule has 11 nitrogen and oxygen atoms in total. The Kier molecular flexibility index (Phi) is 13.5. The van der Waals surface area contributed by atoms with Gasteiger partial charge in [-0.2, -0.15) is 21.3 Å². The lowest BCUT2D eigenvalue weighted by Gasteiger charge is -2.39. The van der Waals surface area contributed by atoms with E-state index in [1.807, 2.05) is 57.1 Å². The summed E-state index contributed by atoms with van der Waals surface area (Å²) in [7, 11) is -2.03. The Labute approximate surface area is 302 Å². The Morgan fingerprint density at radius 3 is 1.98 bits per heavy atom. The molecule has 0 amide bonds. The second kappa shape index (κ2) is 17.4. The average molecular weight is 733 g/mol. The maximum atomic E-state index is 14.4. The lowest BCUT2D eigenvalue weighted by molar-refractivity contribution is 0.179. The minimum atomic E-state index is -3.78. The number of methoxy groups -OCH3 is 1. The van der Waals surface area contributed by atoms with Crippen molar-refractivity contribution >= 4 is 31.6 Å². The highest BCUT2D eigenvalue weighted by atomic mass is 32.2. The van der Waals surface area contributed by atoms with E-state index >= 15 is 0 Å². The predicted molar refractivity (Wildman–Crippen MR) is 203 cm³/mol. The summed E-state index contributed by atoms with van der Waals surface area (Å²) in [4.78, 5) is 6.88. The van der Waals surface area contributed by atoms with Gasteiger partial charge in [0.1, 0.15) is 5.75 Å². The summed E-state index contributed by atoms with van der Waals surface area (Å²) in [6, 6.07) is 13.2. The van der Waals surface area contributed by atoms with Crippen LogP contribution >= 0.6 is 0 Å². The number of hydrogen-bond acceptors (Lipinski definition) is 8. The zero-order valence-electron chi connectivity index (χ0n) is 31.0. The van der Waals surface area contributed by atoms with Gasteiger partial charge in [0, 0.05) is 78.7 Å². The number of sulfonamides is 1. The number of rotatable bonds is 9. The lowest BCUT2D eigenvalue weighted by Crippen LogP contribution is -2.54.